The Morgan fingerprint density at radius 3 is 2.61 bits per heavy atom. The van der Waals surface area contributed by atoms with Crippen LogP contribution in [0.2, 0.25) is 0 Å². The first kappa shape index (κ1) is 15.2. The summed E-state index contributed by atoms with van der Waals surface area (Å²) >= 11 is 0. The molecule has 0 amide bonds. The summed E-state index contributed by atoms with van der Waals surface area (Å²) < 4.78 is 1.97. The highest BCUT2D eigenvalue weighted by molar-refractivity contribution is 4.90. The number of hydrogen-bond donors (Lipinski definition) is 1. The van der Waals surface area contributed by atoms with Gasteiger partial charge in [-0.2, -0.15) is 5.10 Å². The number of aromatic nitrogens is 3. The summed E-state index contributed by atoms with van der Waals surface area (Å²) in [5.41, 5.74) is 6.56. The summed E-state index contributed by atoms with van der Waals surface area (Å²) in [4.78, 5) is 4.32. The summed E-state index contributed by atoms with van der Waals surface area (Å²) in [6.07, 6.45) is 4.55. The minimum absolute atomic E-state index is 0.166. The second-order valence-corrected chi connectivity index (χ2v) is 6.37. The first-order valence-electron chi connectivity index (χ1n) is 6.96. The van der Waals surface area contributed by atoms with Gasteiger partial charge in [-0.3, -0.25) is 4.68 Å². The highest BCUT2D eigenvalue weighted by Gasteiger charge is 2.22. The number of rotatable bonds is 6. The smallest absolute Gasteiger partial charge is 0.138 e. The van der Waals surface area contributed by atoms with Crippen molar-refractivity contribution in [2.24, 2.45) is 17.1 Å². The molecule has 0 aliphatic heterocycles. The van der Waals surface area contributed by atoms with Crippen molar-refractivity contribution < 1.29 is 0 Å². The molecule has 1 heterocycles. The Morgan fingerprint density at radius 2 is 2.06 bits per heavy atom. The molecule has 0 bridgehead atoms. The maximum atomic E-state index is 6.25. The zero-order valence-corrected chi connectivity index (χ0v) is 12.5. The van der Waals surface area contributed by atoms with E-state index in [1.165, 1.54) is 0 Å². The van der Waals surface area contributed by atoms with Crippen LogP contribution in [0.1, 0.15) is 53.3 Å². The van der Waals surface area contributed by atoms with Crippen molar-refractivity contribution in [1.29, 1.82) is 0 Å². The van der Waals surface area contributed by atoms with Crippen LogP contribution >= 0.6 is 0 Å². The fourth-order valence-corrected chi connectivity index (χ4v) is 1.97. The van der Waals surface area contributed by atoms with Crippen LogP contribution in [-0.4, -0.2) is 20.8 Å². The summed E-state index contributed by atoms with van der Waals surface area (Å²) in [5, 5.41) is 4.24. The van der Waals surface area contributed by atoms with Gasteiger partial charge in [0.1, 0.15) is 12.2 Å². The van der Waals surface area contributed by atoms with Gasteiger partial charge in [0.25, 0.3) is 0 Å². The van der Waals surface area contributed by atoms with Gasteiger partial charge in [-0.15, -0.1) is 0 Å². The number of nitrogens with two attached hydrogens (primary N) is 1. The molecule has 1 aromatic heterocycles. The normalized spacial score (nSPS) is 15.7. The average molecular weight is 252 g/mol. The van der Waals surface area contributed by atoms with Gasteiger partial charge in [0.05, 0.1) is 0 Å². The predicted octanol–water partition coefficient (Wildman–Crippen LogP) is 2.63. The molecule has 1 rings (SSSR count). The summed E-state index contributed by atoms with van der Waals surface area (Å²) in [7, 11) is 0. The molecule has 0 saturated carbocycles. The Labute approximate surface area is 111 Å². The number of nitrogens with zero attached hydrogens (tertiary/aromatic N) is 3. The van der Waals surface area contributed by atoms with Gasteiger partial charge >= 0.3 is 0 Å². The molecule has 0 aromatic carbocycles. The predicted molar refractivity (Wildman–Crippen MR) is 75.2 cm³/mol. The molecule has 0 radical (unpaired) electrons. The van der Waals surface area contributed by atoms with Crippen LogP contribution in [0.3, 0.4) is 0 Å². The molecule has 0 saturated heterocycles. The van der Waals surface area contributed by atoms with E-state index in [9.17, 15) is 0 Å². The van der Waals surface area contributed by atoms with E-state index in [4.69, 9.17) is 5.73 Å². The fourth-order valence-electron chi connectivity index (χ4n) is 1.97. The van der Waals surface area contributed by atoms with Crippen LogP contribution in [0.25, 0.3) is 0 Å². The van der Waals surface area contributed by atoms with E-state index in [0.717, 1.165) is 31.6 Å². The maximum Gasteiger partial charge on any atom is 0.138 e. The quantitative estimate of drug-likeness (QED) is 0.846. The lowest BCUT2D eigenvalue weighted by Crippen LogP contribution is -2.31. The lowest BCUT2D eigenvalue weighted by atomic mass is 9.78. The standard InChI is InChI=1S/C14H28N4/c1-6-7-18-13(16-10-17-18)9-12(15)8-11(2)14(3,4)5/h10-12H,6-9,15H2,1-5H3. The van der Waals surface area contributed by atoms with Gasteiger partial charge in [0, 0.05) is 19.0 Å². The summed E-state index contributed by atoms with van der Waals surface area (Å²) in [5.74, 6) is 1.63. The molecule has 0 fully saturated rings. The largest absolute Gasteiger partial charge is 0.327 e. The Balaban J connectivity index is 2.54. The Hall–Kier alpha value is -0.900. The lowest BCUT2D eigenvalue weighted by Gasteiger charge is -2.29. The Bertz CT molecular complexity index is 351. The van der Waals surface area contributed by atoms with E-state index in [2.05, 4.69) is 44.7 Å². The molecule has 2 N–H and O–H groups in total. The Kier molecular flexibility index (Phi) is 5.32. The van der Waals surface area contributed by atoms with Crippen LogP contribution in [0, 0.1) is 11.3 Å². The average Bonchev–Trinajstić information content (AvgIpc) is 2.64. The molecular weight excluding hydrogens is 224 g/mol. The SMILES string of the molecule is CCCn1ncnc1CC(N)CC(C)C(C)(C)C. The molecule has 4 nitrogen and oxygen atoms in total. The summed E-state index contributed by atoms with van der Waals surface area (Å²) in [6, 6.07) is 0.166. The van der Waals surface area contributed by atoms with Crippen LogP contribution in [0.5, 0.6) is 0 Å². The van der Waals surface area contributed by atoms with Crippen molar-refractivity contribution in [3.63, 3.8) is 0 Å². The second kappa shape index (κ2) is 6.32. The van der Waals surface area contributed by atoms with E-state index < -0.39 is 0 Å². The van der Waals surface area contributed by atoms with Crippen molar-refractivity contribution in [2.45, 2.75) is 66.5 Å². The zero-order chi connectivity index (χ0) is 13.8. The maximum absolute atomic E-state index is 6.25. The molecule has 0 aliphatic rings. The second-order valence-electron chi connectivity index (χ2n) is 6.37. The topological polar surface area (TPSA) is 56.7 Å². The van der Waals surface area contributed by atoms with Crippen LogP contribution in [0.15, 0.2) is 6.33 Å². The van der Waals surface area contributed by atoms with Crippen LogP contribution in [-0.2, 0) is 13.0 Å². The zero-order valence-electron chi connectivity index (χ0n) is 12.5. The van der Waals surface area contributed by atoms with Crippen LogP contribution < -0.4 is 5.73 Å². The van der Waals surface area contributed by atoms with Gasteiger partial charge in [-0.25, -0.2) is 4.98 Å². The van der Waals surface area contributed by atoms with E-state index in [1.54, 1.807) is 6.33 Å². The minimum Gasteiger partial charge on any atom is -0.327 e. The van der Waals surface area contributed by atoms with E-state index in [0.29, 0.717) is 11.3 Å². The van der Waals surface area contributed by atoms with Crippen molar-refractivity contribution in [1.82, 2.24) is 14.8 Å². The molecular formula is C14H28N4. The highest BCUT2D eigenvalue weighted by Crippen LogP contribution is 2.29. The molecule has 2 atom stereocenters. The molecule has 104 valence electrons. The third-order valence-corrected chi connectivity index (χ3v) is 3.71. The van der Waals surface area contributed by atoms with Gasteiger partial charge in [0.2, 0.25) is 0 Å². The molecule has 4 heteroatoms. The van der Waals surface area contributed by atoms with E-state index >= 15 is 0 Å². The van der Waals surface area contributed by atoms with Gasteiger partial charge < -0.3 is 5.73 Å². The van der Waals surface area contributed by atoms with E-state index in [1.807, 2.05) is 4.68 Å². The highest BCUT2D eigenvalue weighted by atomic mass is 15.3. The van der Waals surface area contributed by atoms with Crippen molar-refractivity contribution >= 4 is 0 Å². The molecule has 2 unspecified atom stereocenters. The minimum atomic E-state index is 0.166. The van der Waals surface area contributed by atoms with Crippen LogP contribution in [0.4, 0.5) is 0 Å². The number of hydrogen-bond acceptors (Lipinski definition) is 3. The van der Waals surface area contributed by atoms with Gasteiger partial charge in [-0.05, 0) is 24.2 Å². The van der Waals surface area contributed by atoms with Crippen molar-refractivity contribution in [3.05, 3.63) is 12.2 Å². The first-order valence-corrected chi connectivity index (χ1v) is 6.96. The molecule has 1 aromatic rings. The van der Waals surface area contributed by atoms with E-state index in [-0.39, 0.29) is 6.04 Å². The van der Waals surface area contributed by atoms with Gasteiger partial charge in [-0.1, -0.05) is 34.6 Å². The monoisotopic (exact) mass is 252 g/mol. The van der Waals surface area contributed by atoms with Gasteiger partial charge in [0.15, 0.2) is 0 Å². The summed E-state index contributed by atoms with van der Waals surface area (Å²) in [6.45, 7) is 12.2. The van der Waals surface area contributed by atoms with Crippen molar-refractivity contribution in [2.75, 3.05) is 0 Å². The Morgan fingerprint density at radius 1 is 1.39 bits per heavy atom. The molecule has 0 aliphatic carbocycles. The fraction of sp³-hybridized carbons (Fsp3) is 0.857. The third-order valence-electron chi connectivity index (χ3n) is 3.71. The molecule has 0 spiro atoms. The van der Waals surface area contributed by atoms with Crippen molar-refractivity contribution in [3.8, 4) is 0 Å². The number of aryl methyl sites for hydroxylation is 1. The third kappa shape index (κ3) is 4.41. The first-order chi connectivity index (χ1) is 8.34. The lowest BCUT2D eigenvalue weighted by molar-refractivity contribution is 0.232. The molecule has 18 heavy (non-hydrogen) atoms.